The molecule has 3 rings (SSSR count). The summed E-state index contributed by atoms with van der Waals surface area (Å²) < 4.78 is 39.6. The number of fused-ring (bicyclic) bond motifs is 3. The van der Waals surface area contributed by atoms with Crippen molar-refractivity contribution in [1.82, 2.24) is 4.57 Å². The second-order valence-electron chi connectivity index (χ2n) is 4.71. The molecule has 0 saturated heterocycles. The van der Waals surface area contributed by atoms with Gasteiger partial charge in [-0.3, -0.25) is 0 Å². The predicted molar refractivity (Wildman–Crippen MR) is 67.2 cm³/mol. The van der Waals surface area contributed by atoms with Gasteiger partial charge in [0.2, 0.25) is 0 Å². The quantitative estimate of drug-likeness (QED) is 0.735. The van der Waals surface area contributed by atoms with Crippen LogP contribution in [0.4, 0.5) is 13.2 Å². The third-order valence-corrected chi connectivity index (χ3v) is 4.02. The van der Waals surface area contributed by atoms with Gasteiger partial charge in [0.15, 0.2) is 0 Å². The van der Waals surface area contributed by atoms with E-state index in [9.17, 15) is 13.2 Å². The fraction of sp³-hybridized carbons (Fsp3) is 0.385. The van der Waals surface area contributed by atoms with Gasteiger partial charge in [0.1, 0.15) is 0 Å². The minimum Gasteiger partial charge on any atom is -0.343 e. The topological polar surface area (TPSA) is 4.93 Å². The highest BCUT2D eigenvalue weighted by atomic mass is 32.1. The molecule has 0 N–H and O–H groups in total. The van der Waals surface area contributed by atoms with Gasteiger partial charge >= 0.3 is 6.18 Å². The SMILES string of the molecule is FC(F)(F)CC1CCn2c1c(S)c1ccccc12. The number of rotatable bonds is 1. The van der Waals surface area contributed by atoms with Crippen LogP contribution in [0.5, 0.6) is 0 Å². The molecule has 0 saturated carbocycles. The van der Waals surface area contributed by atoms with Gasteiger partial charge in [0.05, 0.1) is 6.42 Å². The van der Waals surface area contributed by atoms with Crippen molar-refractivity contribution in [2.24, 2.45) is 0 Å². The summed E-state index contributed by atoms with van der Waals surface area (Å²) in [5.41, 5.74) is 1.74. The van der Waals surface area contributed by atoms with Gasteiger partial charge in [-0.1, -0.05) is 18.2 Å². The number of hydrogen-bond donors (Lipinski definition) is 1. The predicted octanol–water partition coefficient (Wildman–Crippen LogP) is 4.37. The first-order chi connectivity index (χ1) is 8.47. The Balaban J connectivity index is 2.11. The van der Waals surface area contributed by atoms with Crippen molar-refractivity contribution >= 4 is 23.5 Å². The number of nitrogens with zero attached hydrogens (tertiary/aromatic N) is 1. The standard InChI is InChI=1S/C13H12F3NS/c14-13(15,16)7-8-5-6-17-10-4-2-1-3-9(10)12(18)11(8)17/h1-4,8,18H,5-7H2. The van der Waals surface area contributed by atoms with E-state index in [0.717, 1.165) is 16.6 Å². The molecule has 1 aromatic carbocycles. The monoisotopic (exact) mass is 271 g/mol. The van der Waals surface area contributed by atoms with Crippen LogP contribution in [0.25, 0.3) is 10.9 Å². The highest BCUT2D eigenvalue weighted by Gasteiger charge is 2.37. The minimum atomic E-state index is -4.11. The van der Waals surface area contributed by atoms with Crippen molar-refractivity contribution < 1.29 is 13.2 Å². The lowest BCUT2D eigenvalue weighted by Crippen LogP contribution is -2.12. The first-order valence-corrected chi connectivity index (χ1v) is 6.29. The Hall–Kier alpha value is -1.10. The Morgan fingerprint density at radius 2 is 2.00 bits per heavy atom. The number of benzene rings is 1. The molecule has 1 nitrogen and oxygen atoms in total. The number of halogens is 3. The van der Waals surface area contributed by atoms with Gasteiger partial charge in [-0.25, -0.2) is 0 Å². The molecular formula is C13H12F3NS. The van der Waals surface area contributed by atoms with E-state index in [2.05, 4.69) is 12.6 Å². The number of para-hydroxylation sites is 1. The number of alkyl halides is 3. The lowest BCUT2D eigenvalue weighted by atomic mass is 10.00. The van der Waals surface area contributed by atoms with Crippen LogP contribution >= 0.6 is 12.6 Å². The number of aryl methyl sites for hydroxylation is 1. The maximum atomic E-state index is 12.6. The molecule has 1 aliphatic rings. The molecule has 0 spiro atoms. The van der Waals surface area contributed by atoms with Crippen LogP contribution in [-0.4, -0.2) is 10.7 Å². The molecule has 5 heteroatoms. The molecule has 18 heavy (non-hydrogen) atoms. The number of thiol groups is 1. The fourth-order valence-electron chi connectivity index (χ4n) is 2.86. The molecule has 1 aliphatic heterocycles. The zero-order valence-corrected chi connectivity index (χ0v) is 10.4. The zero-order chi connectivity index (χ0) is 12.9. The number of hydrogen-bond acceptors (Lipinski definition) is 1. The van der Waals surface area contributed by atoms with Gasteiger partial charge in [-0.2, -0.15) is 13.2 Å². The van der Waals surface area contributed by atoms with Gasteiger partial charge in [0, 0.05) is 34.0 Å². The van der Waals surface area contributed by atoms with Crippen molar-refractivity contribution in [2.75, 3.05) is 0 Å². The van der Waals surface area contributed by atoms with E-state index in [1.165, 1.54) is 0 Å². The summed E-state index contributed by atoms with van der Waals surface area (Å²) in [6.07, 6.45) is -4.32. The molecule has 1 atom stereocenters. The van der Waals surface area contributed by atoms with E-state index < -0.39 is 18.5 Å². The Morgan fingerprint density at radius 1 is 1.28 bits per heavy atom. The maximum absolute atomic E-state index is 12.6. The normalized spacial score (nSPS) is 19.4. The van der Waals surface area contributed by atoms with Gasteiger partial charge in [0.25, 0.3) is 0 Å². The van der Waals surface area contributed by atoms with E-state index in [4.69, 9.17) is 0 Å². The molecule has 1 aromatic heterocycles. The van der Waals surface area contributed by atoms with Gasteiger partial charge < -0.3 is 4.57 Å². The molecule has 0 aliphatic carbocycles. The third-order valence-electron chi connectivity index (χ3n) is 3.55. The molecule has 1 unspecified atom stereocenters. The maximum Gasteiger partial charge on any atom is 0.389 e. The molecule has 0 radical (unpaired) electrons. The van der Waals surface area contributed by atoms with Crippen molar-refractivity contribution in [3.05, 3.63) is 30.0 Å². The van der Waals surface area contributed by atoms with Gasteiger partial charge in [-0.05, 0) is 12.5 Å². The van der Waals surface area contributed by atoms with Crippen LogP contribution in [0.15, 0.2) is 29.2 Å². The lowest BCUT2D eigenvalue weighted by Gasteiger charge is -2.13. The van der Waals surface area contributed by atoms with E-state index in [1.54, 1.807) is 0 Å². The Labute approximate surface area is 108 Å². The van der Waals surface area contributed by atoms with Crippen LogP contribution in [0.3, 0.4) is 0 Å². The minimum absolute atomic E-state index is 0.454. The van der Waals surface area contributed by atoms with E-state index in [0.29, 0.717) is 17.9 Å². The summed E-state index contributed by atoms with van der Waals surface area (Å²) in [6.45, 7) is 0.650. The van der Waals surface area contributed by atoms with Crippen molar-refractivity contribution in [3.63, 3.8) is 0 Å². The summed E-state index contributed by atoms with van der Waals surface area (Å²) in [5, 5.41) is 0.947. The average Bonchev–Trinajstić information content (AvgIpc) is 2.80. The smallest absolute Gasteiger partial charge is 0.343 e. The number of aromatic nitrogens is 1. The van der Waals surface area contributed by atoms with Crippen molar-refractivity contribution in [1.29, 1.82) is 0 Å². The largest absolute Gasteiger partial charge is 0.389 e. The van der Waals surface area contributed by atoms with Crippen LogP contribution in [0, 0.1) is 0 Å². The second kappa shape index (κ2) is 3.95. The zero-order valence-electron chi connectivity index (χ0n) is 9.54. The Bertz CT molecular complexity index is 600. The van der Waals surface area contributed by atoms with Crippen LogP contribution in [-0.2, 0) is 6.54 Å². The first-order valence-electron chi connectivity index (χ1n) is 5.84. The molecule has 0 bridgehead atoms. The van der Waals surface area contributed by atoms with Crippen LogP contribution in [0.1, 0.15) is 24.5 Å². The summed E-state index contributed by atoms with van der Waals surface area (Å²) in [7, 11) is 0. The average molecular weight is 271 g/mol. The second-order valence-corrected chi connectivity index (χ2v) is 5.15. The Morgan fingerprint density at radius 3 is 2.72 bits per heavy atom. The molecular weight excluding hydrogens is 259 g/mol. The van der Waals surface area contributed by atoms with E-state index in [-0.39, 0.29) is 0 Å². The molecule has 2 heterocycles. The first kappa shape index (κ1) is 12.0. The fourth-order valence-corrected chi connectivity index (χ4v) is 3.35. The van der Waals surface area contributed by atoms with E-state index >= 15 is 0 Å². The summed E-state index contributed by atoms with van der Waals surface area (Å²) in [4.78, 5) is 0.706. The lowest BCUT2D eigenvalue weighted by molar-refractivity contribution is -0.138. The highest BCUT2D eigenvalue weighted by molar-refractivity contribution is 7.80. The molecule has 96 valence electrons. The summed E-state index contributed by atoms with van der Waals surface area (Å²) in [5.74, 6) is -0.454. The van der Waals surface area contributed by atoms with Crippen molar-refractivity contribution in [3.8, 4) is 0 Å². The molecule has 2 aromatic rings. The third kappa shape index (κ3) is 1.81. The van der Waals surface area contributed by atoms with E-state index in [1.807, 2.05) is 28.8 Å². The van der Waals surface area contributed by atoms with Gasteiger partial charge in [-0.15, -0.1) is 12.6 Å². The van der Waals surface area contributed by atoms with Crippen molar-refractivity contribution in [2.45, 2.75) is 36.4 Å². The van der Waals surface area contributed by atoms with Crippen LogP contribution < -0.4 is 0 Å². The van der Waals surface area contributed by atoms with Crippen LogP contribution in [0.2, 0.25) is 0 Å². The molecule has 0 fully saturated rings. The molecule has 0 amide bonds. The summed E-state index contributed by atoms with van der Waals surface area (Å²) >= 11 is 4.43. The summed E-state index contributed by atoms with van der Waals surface area (Å²) in [6, 6.07) is 7.64. The highest BCUT2D eigenvalue weighted by Crippen LogP contribution is 2.44. The Kier molecular flexibility index (Phi) is 2.62.